The summed E-state index contributed by atoms with van der Waals surface area (Å²) >= 11 is 0. The zero-order valence-electron chi connectivity index (χ0n) is 26.4. The van der Waals surface area contributed by atoms with Gasteiger partial charge in [-0.3, -0.25) is 0 Å². The molecule has 2 aromatic heterocycles. The van der Waals surface area contributed by atoms with Crippen molar-refractivity contribution in [2.24, 2.45) is 0 Å². The molecule has 0 aliphatic heterocycles. The van der Waals surface area contributed by atoms with Gasteiger partial charge in [-0.1, -0.05) is 109 Å². The molecule has 0 fully saturated rings. The van der Waals surface area contributed by atoms with Crippen LogP contribution in [0.25, 0.3) is 77.2 Å². The van der Waals surface area contributed by atoms with E-state index in [1.807, 2.05) is 24.3 Å². The van der Waals surface area contributed by atoms with E-state index in [0.29, 0.717) is 5.89 Å². The molecule has 0 N–H and O–H groups in total. The number of furan rings is 1. The van der Waals surface area contributed by atoms with Gasteiger partial charge >= 0.3 is 0 Å². The van der Waals surface area contributed by atoms with E-state index in [1.165, 1.54) is 16.3 Å². The number of oxazole rings is 1. The average Bonchev–Trinajstić information content (AvgIpc) is 3.75. The summed E-state index contributed by atoms with van der Waals surface area (Å²) in [7, 11) is 0. The van der Waals surface area contributed by atoms with Gasteiger partial charge < -0.3 is 13.7 Å². The molecule has 0 unspecified atom stereocenters. The fourth-order valence-corrected chi connectivity index (χ4v) is 7.22. The van der Waals surface area contributed by atoms with E-state index in [-0.39, 0.29) is 0 Å². The third-order valence-electron chi connectivity index (χ3n) is 9.46. The van der Waals surface area contributed by atoms with Gasteiger partial charge in [0.15, 0.2) is 5.58 Å². The molecule has 0 spiro atoms. The Labute approximate surface area is 282 Å². The Hall–Kier alpha value is -6.65. The minimum Gasteiger partial charge on any atom is -0.456 e. The highest BCUT2D eigenvalue weighted by Gasteiger charge is 2.21. The number of anilines is 3. The fourth-order valence-electron chi connectivity index (χ4n) is 7.22. The van der Waals surface area contributed by atoms with Crippen LogP contribution >= 0.6 is 0 Å². The molecular weight excluding hydrogens is 601 g/mol. The van der Waals surface area contributed by atoms with Crippen LogP contribution in [0.2, 0.25) is 0 Å². The number of hydrogen-bond donors (Lipinski definition) is 0. The molecule has 0 atom stereocenters. The van der Waals surface area contributed by atoms with Crippen molar-refractivity contribution in [2.45, 2.75) is 0 Å². The molecule has 0 aliphatic rings. The second-order valence-corrected chi connectivity index (χ2v) is 12.4. The molecule has 0 amide bonds. The molecule has 10 aromatic rings. The summed E-state index contributed by atoms with van der Waals surface area (Å²) in [5, 5.41) is 6.70. The second-order valence-electron chi connectivity index (χ2n) is 12.4. The van der Waals surface area contributed by atoms with Crippen molar-refractivity contribution in [1.29, 1.82) is 0 Å². The second kappa shape index (κ2) is 11.0. The summed E-state index contributed by atoms with van der Waals surface area (Å²) in [5.74, 6) is 0.581. The van der Waals surface area contributed by atoms with Gasteiger partial charge in [0.05, 0.1) is 5.69 Å². The van der Waals surface area contributed by atoms with E-state index in [9.17, 15) is 0 Å². The summed E-state index contributed by atoms with van der Waals surface area (Å²) in [6.07, 6.45) is 0. The number of para-hydroxylation sites is 2. The molecule has 2 heterocycles. The number of aromatic nitrogens is 1. The van der Waals surface area contributed by atoms with E-state index in [2.05, 4.69) is 150 Å². The van der Waals surface area contributed by atoms with Crippen LogP contribution in [0.4, 0.5) is 17.1 Å². The van der Waals surface area contributed by atoms with E-state index < -0.39 is 0 Å². The van der Waals surface area contributed by atoms with Gasteiger partial charge in [-0.15, -0.1) is 0 Å². The fraction of sp³-hybridized carbons (Fsp3) is 0. The smallest absolute Gasteiger partial charge is 0.228 e. The molecule has 0 saturated heterocycles. The van der Waals surface area contributed by atoms with E-state index in [1.54, 1.807) is 0 Å². The zero-order valence-corrected chi connectivity index (χ0v) is 26.4. The standard InChI is InChI=1S/C45H28N2O2/c1-2-16-32(17-3-1)47(40-22-9-8-19-36(40)35-20-10-15-29-12-6-7-18-34(29)35)33-24-25-37-42(28-33)48-41-23-11-21-38(44(37)41)45-46-39-26-30-13-4-5-14-31(30)27-43(39)49-45/h1-28H. The Morgan fingerprint density at radius 1 is 0.408 bits per heavy atom. The lowest BCUT2D eigenvalue weighted by Crippen LogP contribution is -2.11. The van der Waals surface area contributed by atoms with Gasteiger partial charge in [0.2, 0.25) is 5.89 Å². The van der Waals surface area contributed by atoms with Crippen molar-refractivity contribution in [3.63, 3.8) is 0 Å². The highest BCUT2D eigenvalue weighted by atomic mass is 16.3. The first-order valence-corrected chi connectivity index (χ1v) is 16.5. The zero-order chi connectivity index (χ0) is 32.3. The number of nitrogens with zero attached hydrogens (tertiary/aromatic N) is 2. The molecule has 8 aromatic carbocycles. The first-order chi connectivity index (χ1) is 24.3. The quantitative estimate of drug-likeness (QED) is 0.190. The molecule has 0 bridgehead atoms. The third kappa shape index (κ3) is 4.49. The van der Waals surface area contributed by atoms with Gasteiger partial charge in [0, 0.05) is 39.3 Å². The number of benzene rings is 8. The molecule has 4 heteroatoms. The molecular formula is C45H28N2O2. The van der Waals surface area contributed by atoms with Crippen molar-refractivity contribution in [3.05, 3.63) is 170 Å². The Morgan fingerprint density at radius 3 is 2.00 bits per heavy atom. The summed E-state index contributed by atoms with van der Waals surface area (Å²) < 4.78 is 13.0. The minimum atomic E-state index is 0.581. The summed E-state index contributed by atoms with van der Waals surface area (Å²) in [5.41, 5.74) is 9.59. The maximum atomic E-state index is 6.59. The van der Waals surface area contributed by atoms with Crippen LogP contribution in [0.1, 0.15) is 0 Å². The van der Waals surface area contributed by atoms with Crippen LogP contribution in [0.5, 0.6) is 0 Å². The maximum absolute atomic E-state index is 6.59. The Balaban J connectivity index is 1.15. The Bertz CT molecular complexity index is 2790. The lowest BCUT2D eigenvalue weighted by molar-refractivity contribution is 0.620. The maximum Gasteiger partial charge on any atom is 0.228 e. The molecule has 230 valence electrons. The summed E-state index contributed by atoms with van der Waals surface area (Å²) in [6, 6.07) is 59.2. The highest BCUT2D eigenvalue weighted by Crippen LogP contribution is 2.45. The van der Waals surface area contributed by atoms with Crippen LogP contribution in [0, 0.1) is 0 Å². The van der Waals surface area contributed by atoms with Crippen LogP contribution in [0.15, 0.2) is 179 Å². The predicted molar refractivity (Wildman–Crippen MR) is 202 cm³/mol. The van der Waals surface area contributed by atoms with Crippen LogP contribution < -0.4 is 4.90 Å². The largest absolute Gasteiger partial charge is 0.456 e. The average molecular weight is 629 g/mol. The van der Waals surface area contributed by atoms with Crippen LogP contribution in [-0.2, 0) is 0 Å². The van der Waals surface area contributed by atoms with Crippen LogP contribution in [-0.4, -0.2) is 4.98 Å². The topological polar surface area (TPSA) is 42.4 Å². The molecule has 0 radical (unpaired) electrons. The van der Waals surface area contributed by atoms with E-state index >= 15 is 0 Å². The Morgan fingerprint density at radius 2 is 1.10 bits per heavy atom. The van der Waals surface area contributed by atoms with Crippen molar-refractivity contribution in [3.8, 4) is 22.6 Å². The summed E-state index contributed by atoms with van der Waals surface area (Å²) in [6.45, 7) is 0. The Kier molecular flexibility index (Phi) is 6.15. The summed E-state index contributed by atoms with van der Waals surface area (Å²) in [4.78, 5) is 7.25. The lowest BCUT2D eigenvalue weighted by Gasteiger charge is -2.28. The molecule has 49 heavy (non-hydrogen) atoms. The monoisotopic (exact) mass is 628 g/mol. The number of fused-ring (bicyclic) bond motifs is 6. The van der Waals surface area contributed by atoms with Crippen molar-refractivity contribution in [2.75, 3.05) is 4.90 Å². The normalized spacial score (nSPS) is 11.7. The third-order valence-corrected chi connectivity index (χ3v) is 9.46. The first kappa shape index (κ1) is 27.5. The lowest BCUT2D eigenvalue weighted by atomic mass is 9.96. The number of rotatable bonds is 5. The van der Waals surface area contributed by atoms with Gasteiger partial charge in [-0.25, -0.2) is 4.98 Å². The highest BCUT2D eigenvalue weighted by molar-refractivity contribution is 6.13. The van der Waals surface area contributed by atoms with E-state index in [0.717, 1.165) is 72.0 Å². The van der Waals surface area contributed by atoms with Crippen molar-refractivity contribution < 1.29 is 8.83 Å². The number of hydrogen-bond acceptors (Lipinski definition) is 4. The van der Waals surface area contributed by atoms with Gasteiger partial charge in [-0.2, -0.15) is 0 Å². The van der Waals surface area contributed by atoms with Crippen molar-refractivity contribution >= 4 is 71.6 Å². The predicted octanol–water partition coefficient (Wildman–Crippen LogP) is 12.8. The molecule has 4 nitrogen and oxygen atoms in total. The van der Waals surface area contributed by atoms with Crippen LogP contribution in [0.3, 0.4) is 0 Å². The van der Waals surface area contributed by atoms with E-state index in [4.69, 9.17) is 13.8 Å². The SMILES string of the molecule is c1ccc(N(c2ccc3c(c2)oc2cccc(-c4nc5cc6ccccc6cc5o4)c23)c2ccccc2-c2cccc3ccccc23)cc1. The van der Waals surface area contributed by atoms with Gasteiger partial charge in [0.25, 0.3) is 0 Å². The van der Waals surface area contributed by atoms with Crippen molar-refractivity contribution in [1.82, 2.24) is 4.98 Å². The van der Waals surface area contributed by atoms with Gasteiger partial charge in [-0.05, 0) is 81.7 Å². The minimum absolute atomic E-state index is 0.581. The molecule has 10 rings (SSSR count). The van der Waals surface area contributed by atoms with Gasteiger partial charge in [0.1, 0.15) is 16.7 Å². The molecule has 0 saturated carbocycles. The first-order valence-electron chi connectivity index (χ1n) is 16.5. The molecule has 0 aliphatic carbocycles.